The minimum atomic E-state index is -0.790. The topological polar surface area (TPSA) is 29.1 Å². The summed E-state index contributed by atoms with van der Waals surface area (Å²) in [6.07, 6.45) is 8.36. The molecule has 1 N–H and O–H groups in total. The predicted octanol–water partition coefficient (Wildman–Crippen LogP) is 7.17. The molecule has 1 aliphatic rings. The number of rotatable bonds is 7. The molecular weight excluding hydrogens is 378 g/mol. The molecule has 0 spiro atoms. The Hall–Kier alpha value is -1.64. The van der Waals surface area contributed by atoms with E-state index in [0.717, 1.165) is 24.0 Å². The van der Waals surface area contributed by atoms with E-state index in [1.165, 1.54) is 32.1 Å². The second-order valence-electron chi connectivity index (χ2n) is 9.53. The summed E-state index contributed by atoms with van der Waals surface area (Å²) in [7, 11) is 0. The van der Waals surface area contributed by atoms with E-state index in [1.807, 2.05) is 54.6 Å². The largest absolute Gasteiger partial charge is 0.296 e. The summed E-state index contributed by atoms with van der Waals surface area (Å²) in [5.41, 5.74) is 0.693. The Bertz CT molecular complexity index is 805. The summed E-state index contributed by atoms with van der Waals surface area (Å²) in [6, 6.07) is 17.5. The third-order valence-corrected chi connectivity index (χ3v) is 6.22. The molecule has 0 aliphatic heterocycles. The minimum Gasteiger partial charge on any atom is -0.296 e. The van der Waals surface area contributed by atoms with Crippen molar-refractivity contribution in [3.05, 3.63) is 70.7 Å². The zero-order valence-corrected chi connectivity index (χ0v) is 18.8. The molecule has 0 radical (unpaired) electrons. The van der Waals surface area contributed by atoms with E-state index in [4.69, 9.17) is 11.6 Å². The van der Waals surface area contributed by atoms with Crippen molar-refractivity contribution in [2.75, 3.05) is 0 Å². The monoisotopic (exact) mass is 411 g/mol. The van der Waals surface area contributed by atoms with Crippen molar-refractivity contribution in [3.8, 4) is 0 Å². The second-order valence-corrected chi connectivity index (χ2v) is 9.96. The highest BCUT2D eigenvalue weighted by molar-refractivity contribution is 6.30. The average molecular weight is 412 g/mol. The summed E-state index contributed by atoms with van der Waals surface area (Å²) in [5, 5.41) is 4.41. The maximum Gasteiger partial charge on any atom is 0.187 e. The van der Waals surface area contributed by atoms with E-state index in [2.05, 4.69) is 26.1 Å². The third-order valence-electron chi connectivity index (χ3n) is 5.98. The molecule has 1 aliphatic carbocycles. The van der Waals surface area contributed by atoms with E-state index in [0.29, 0.717) is 10.9 Å². The summed E-state index contributed by atoms with van der Waals surface area (Å²) in [6.45, 7) is 6.39. The smallest absolute Gasteiger partial charge is 0.187 e. The number of benzene rings is 2. The molecule has 2 aromatic carbocycles. The molecule has 2 aromatic rings. The van der Waals surface area contributed by atoms with Crippen molar-refractivity contribution in [3.63, 3.8) is 0 Å². The number of ketones is 1. The van der Waals surface area contributed by atoms with Crippen LogP contribution >= 0.6 is 11.6 Å². The maximum atomic E-state index is 14.0. The average Bonchev–Trinajstić information content (AvgIpc) is 2.71. The first-order valence-corrected chi connectivity index (χ1v) is 11.3. The molecule has 29 heavy (non-hydrogen) atoms. The van der Waals surface area contributed by atoms with Crippen molar-refractivity contribution < 1.29 is 4.79 Å². The van der Waals surface area contributed by atoms with Crippen molar-refractivity contribution in [1.29, 1.82) is 0 Å². The Morgan fingerprint density at radius 2 is 1.69 bits per heavy atom. The molecule has 1 fully saturated rings. The second kappa shape index (κ2) is 9.45. The zero-order chi connectivity index (χ0) is 20.9. The quantitative estimate of drug-likeness (QED) is 0.489. The number of Topliss-reactive ketones (excluding diaryl/α,β-unsaturated/α-hetero) is 1. The van der Waals surface area contributed by atoms with Crippen LogP contribution in [0.4, 0.5) is 0 Å². The Kier molecular flexibility index (Phi) is 7.19. The molecule has 0 aromatic heterocycles. The molecular formula is C26H34ClNO. The number of carbonyl (C=O) groups is 1. The van der Waals surface area contributed by atoms with E-state index in [-0.39, 0.29) is 11.3 Å². The summed E-state index contributed by atoms with van der Waals surface area (Å²) < 4.78 is 0. The Balaban J connectivity index is 2.05. The highest BCUT2D eigenvalue weighted by atomic mass is 35.5. The summed E-state index contributed by atoms with van der Waals surface area (Å²) in [4.78, 5) is 14.0. The van der Waals surface area contributed by atoms with Gasteiger partial charge in [-0.3, -0.25) is 10.1 Å². The van der Waals surface area contributed by atoms with Crippen LogP contribution in [0, 0.1) is 5.92 Å². The van der Waals surface area contributed by atoms with Gasteiger partial charge in [-0.2, -0.15) is 0 Å². The van der Waals surface area contributed by atoms with Gasteiger partial charge >= 0.3 is 0 Å². The summed E-state index contributed by atoms with van der Waals surface area (Å²) in [5.74, 6) is 0.832. The molecule has 1 atom stereocenters. The van der Waals surface area contributed by atoms with Crippen LogP contribution in [0.1, 0.15) is 81.6 Å². The van der Waals surface area contributed by atoms with Gasteiger partial charge in [-0.15, -0.1) is 0 Å². The molecule has 0 saturated heterocycles. The molecule has 3 heteroatoms. The molecule has 1 unspecified atom stereocenters. The molecule has 0 heterocycles. The van der Waals surface area contributed by atoms with Gasteiger partial charge in [0.1, 0.15) is 5.54 Å². The number of nitrogens with one attached hydrogen (secondary N) is 1. The van der Waals surface area contributed by atoms with Gasteiger partial charge in [0.25, 0.3) is 0 Å². The first kappa shape index (κ1) is 22.1. The van der Waals surface area contributed by atoms with Gasteiger partial charge in [-0.05, 0) is 57.2 Å². The number of carbonyl (C=O) groups excluding carboxylic acids is 1. The van der Waals surface area contributed by atoms with Crippen molar-refractivity contribution in [2.45, 2.75) is 76.8 Å². The lowest BCUT2D eigenvalue weighted by Crippen LogP contribution is -2.56. The van der Waals surface area contributed by atoms with E-state index in [9.17, 15) is 4.79 Å². The van der Waals surface area contributed by atoms with Gasteiger partial charge in [0.05, 0.1) is 0 Å². The van der Waals surface area contributed by atoms with Crippen LogP contribution in [0.25, 0.3) is 0 Å². The highest BCUT2D eigenvalue weighted by Crippen LogP contribution is 2.38. The number of hydrogen-bond acceptors (Lipinski definition) is 2. The van der Waals surface area contributed by atoms with Gasteiger partial charge in [0, 0.05) is 16.1 Å². The van der Waals surface area contributed by atoms with E-state index in [1.54, 1.807) is 0 Å². The van der Waals surface area contributed by atoms with Crippen LogP contribution in [0.2, 0.25) is 5.02 Å². The normalized spacial score (nSPS) is 17.7. The van der Waals surface area contributed by atoms with Crippen molar-refractivity contribution >= 4 is 17.4 Å². The van der Waals surface area contributed by atoms with Gasteiger partial charge in [-0.25, -0.2) is 0 Å². The van der Waals surface area contributed by atoms with E-state index >= 15 is 0 Å². The number of halogens is 1. The predicted molar refractivity (Wildman–Crippen MR) is 123 cm³/mol. The van der Waals surface area contributed by atoms with Crippen LogP contribution in [0.5, 0.6) is 0 Å². The van der Waals surface area contributed by atoms with Crippen molar-refractivity contribution in [2.24, 2.45) is 5.92 Å². The fraction of sp³-hybridized carbons (Fsp3) is 0.500. The lowest BCUT2D eigenvalue weighted by atomic mass is 9.74. The molecule has 0 bridgehead atoms. The molecule has 0 amide bonds. The first-order valence-electron chi connectivity index (χ1n) is 11.0. The van der Waals surface area contributed by atoms with Gasteiger partial charge in [0.2, 0.25) is 0 Å². The van der Waals surface area contributed by atoms with Crippen LogP contribution in [0.15, 0.2) is 54.6 Å². The molecule has 2 nitrogen and oxygen atoms in total. The van der Waals surface area contributed by atoms with Crippen LogP contribution in [0.3, 0.4) is 0 Å². The SMILES string of the molecule is CC(C)(C)NC(CCC1CCCCC1)(C(=O)c1ccccc1)c1cccc(Cl)c1. The summed E-state index contributed by atoms with van der Waals surface area (Å²) >= 11 is 6.38. The molecule has 156 valence electrons. The Morgan fingerprint density at radius 3 is 2.31 bits per heavy atom. The molecule has 1 saturated carbocycles. The maximum absolute atomic E-state index is 14.0. The fourth-order valence-electron chi connectivity index (χ4n) is 4.71. The third kappa shape index (κ3) is 5.71. The number of hydrogen-bond donors (Lipinski definition) is 1. The standard InChI is InChI=1S/C26H34ClNO/c1-25(2,3)28-26(22-15-10-16-23(27)19-22,18-17-20-11-6-4-7-12-20)24(29)21-13-8-5-9-14-21/h5,8-10,13-16,19-20,28H,4,6-7,11-12,17-18H2,1-3H3. The van der Waals surface area contributed by atoms with Crippen LogP contribution in [-0.4, -0.2) is 11.3 Å². The first-order chi connectivity index (χ1) is 13.8. The lowest BCUT2D eigenvalue weighted by molar-refractivity contribution is 0.0778. The lowest BCUT2D eigenvalue weighted by Gasteiger charge is -2.41. The van der Waals surface area contributed by atoms with Gasteiger partial charge < -0.3 is 0 Å². The van der Waals surface area contributed by atoms with Gasteiger partial charge in [0.15, 0.2) is 5.78 Å². The Morgan fingerprint density at radius 1 is 1.00 bits per heavy atom. The van der Waals surface area contributed by atoms with Gasteiger partial charge in [-0.1, -0.05) is 86.2 Å². The zero-order valence-electron chi connectivity index (χ0n) is 18.0. The Labute approximate surface area is 181 Å². The van der Waals surface area contributed by atoms with Crippen LogP contribution < -0.4 is 5.32 Å². The van der Waals surface area contributed by atoms with Crippen molar-refractivity contribution in [1.82, 2.24) is 5.32 Å². The minimum absolute atomic E-state index is 0.131. The highest BCUT2D eigenvalue weighted by Gasteiger charge is 2.43. The van der Waals surface area contributed by atoms with Crippen LogP contribution in [-0.2, 0) is 5.54 Å². The van der Waals surface area contributed by atoms with E-state index < -0.39 is 5.54 Å². The molecule has 3 rings (SSSR count). The fourth-order valence-corrected chi connectivity index (χ4v) is 4.90.